The summed E-state index contributed by atoms with van der Waals surface area (Å²) in [4.78, 5) is 2.20. The Balaban J connectivity index is 1.76. The first-order valence-corrected chi connectivity index (χ1v) is 9.02. The molecule has 0 unspecified atom stereocenters. The van der Waals surface area contributed by atoms with Crippen molar-refractivity contribution in [2.45, 2.75) is 31.8 Å². The zero-order valence-corrected chi connectivity index (χ0v) is 14.5. The van der Waals surface area contributed by atoms with E-state index in [0.717, 1.165) is 55.4 Å². The second-order valence-corrected chi connectivity index (χ2v) is 6.94. The molecule has 4 rings (SSSR count). The molecule has 2 aliphatic rings. The lowest BCUT2D eigenvalue weighted by Crippen LogP contribution is -2.43. The number of amidine groups is 1. The Bertz CT molecular complexity index is 836. The molecule has 26 heavy (non-hydrogen) atoms. The lowest BCUT2D eigenvalue weighted by Gasteiger charge is -2.34. The van der Waals surface area contributed by atoms with E-state index in [4.69, 9.17) is 10.8 Å². The molecule has 0 radical (unpaired) electrons. The fourth-order valence-corrected chi connectivity index (χ4v) is 3.67. The normalized spacial score (nSPS) is 20.4. The number of fused-ring (bicyclic) bond motifs is 1. The number of likely N-dealkylation sites (tertiary alicyclic amines) is 1. The number of nitrogens with zero attached hydrogens (tertiary/aromatic N) is 3. The van der Waals surface area contributed by atoms with Crippen molar-refractivity contribution in [2.24, 2.45) is 10.8 Å². The van der Waals surface area contributed by atoms with Crippen LogP contribution in [0.25, 0.3) is 0 Å². The van der Waals surface area contributed by atoms with Gasteiger partial charge >= 0.3 is 0 Å². The highest BCUT2D eigenvalue weighted by molar-refractivity contribution is 6.01. The fourth-order valence-electron chi connectivity index (χ4n) is 3.67. The predicted molar refractivity (Wildman–Crippen MR) is 98.9 cm³/mol. The first-order chi connectivity index (χ1) is 12.6. The molecule has 0 aliphatic carbocycles. The van der Waals surface area contributed by atoms with Crippen molar-refractivity contribution in [2.75, 3.05) is 18.1 Å². The Labute approximate surface area is 151 Å². The molecule has 2 N–H and O–H groups in total. The Morgan fingerprint density at radius 2 is 1.92 bits per heavy atom. The van der Waals surface area contributed by atoms with Gasteiger partial charge in [-0.15, -0.1) is 0 Å². The molecule has 1 atom stereocenters. The largest absolute Gasteiger partial charge is 0.353 e. The van der Waals surface area contributed by atoms with Crippen LogP contribution in [0.3, 0.4) is 0 Å². The van der Waals surface area contributed by atoms with E-state index in [0.29, 0.717) is 6.54 Å². The minimum absolute atomic E-state index is 0.102. The molecule has 0 aromatic heterocycles. The summed E-state index contributed by atoms with van der Waals surface area (Å²) in [5, 5.41) is 6.36. The van der Waals surface area contributed by atoms with Crippen LogP contribution in [-0.2, 0) is 6.54 Å². The molecule has 2 aromatic rings. The summed E-state index contributed by atoms with van der Waals surface area (Å²) in [5.74, 6) is -0.390. The summed E-state index contributed by atoms with van der Waals surface area (Å²) >= 11 is 0. The zero-order chi connectivity index (χ0) is 18.1. The van der Waals surface area contributed by atoms with Crippen LogP contribution in [0, 0.1) is 11.6 Å². The van der Waals surface area contributed by atoms with Crippen molar-refractivity contribution in [3.63, 3.8) is 0 Å². The van der Waals surface area contributed by atoms with E-state index in [-0.39, 0.29) is 11.7 Å². The molecule has 0 spiro atoms. The van der Waals surface area contributed by atoms with Gasteiger partial charge in [0.25, 0.3) is 0 Å². The van der Waals surface area contributed by atoms with Crippen LogP contribution in [0.15, 0.2) is 47.6 Å². The van der Waals surface area contributed by atoms with Gasteiger partial charge in [0.05, 0.1) is 12.2 Å². The summed E-state index contributed by atoms with van der Waals surface area (Å²) in [7, 11) is 0. The van der Waals surface area contributed by atoms with E-state index in [1.54, 1.807) is 5.01 Å². The van der Waals surface area contributed by atoms with Gasteiger partial charge in [-0.1, -0.05) is 30.7 Å². The van der Waals surface area contributed by atoms with E-state index in [1.165, 1.54) is 12.1 Å². The van der Waals surface area contributed by atoms with Gasteiger partial charge in [-0.25, -0.2) is 8.78 Å². The molecule has 2 aliphatic heterocycles. The lowest BCUT2D eigenvalue weighted by atomic mass is 10.0. The number of hydrogen-bond acceptors (Lipinski definition) is 4. The molecule has 6 heteroatoms. The molecule has 2 heterocycles. The summed E-state index contributed by atoms with van der Waals surface area (Å²) < 4.78 is 27.6. The van der Waals surface area contributed by atoms with Crippen LogP contribution in [0.2, 0.25) is 0 Å². The molecule has 4 nitrogen and oxygen atoms in total. The smallest absolute Gasteiger partial charge is 0.156 e. The molecule has 2 aromatic carbocycles. The fraction of sp³-hybridized carbons (Fsp3) is 0.350. The Morgan fingerprint density at radius 3 is 2.77 bits per heavy atom. The van der Waals surface area contributed by atoms with E-state index in [1.807, 2.05) is 24.3 Å². The minimum Gasteiger partial charge on any atom is -0.353 e. The van der Waals surface area contributed by atoms with Gasteiger partial charge < -0.3 is 10.6 Å². The summed E-state index contributed by atoms with van der Waals surface area (Å²) in [5.41, 5.74) is 8.63. The maximum absolute atomic E-state index is 14.3. The molecule has 1 fully saturated rings. The number of anilines is 1. The van der Waals surface area contributed by atoms with Crippen molar-refractivity contribution >= 4 is 11.5 Å². The summed E-state index contributed by atoms with van der Waals surface area (Å²) in [6, 6.07) is 11.7. The third-order valence-corrected chi connectivity index (χ3v) is 4.99. The average Bonchev–Trinajstić information content (AvgIpc) is 2.85. The highest BCUT2D eigenvalue weighted by Crippen LogP contribution is 2.29. The lowest BCUT2D eigenvalue weighted by molar-refractivity contribution is 0.408. The quantitative estimate of drug-likeness (QED) is 0.851. The van der Waals surface area contributed by atoms with Gasteiger partial charge in [0.2, 0.25) is 0 Å². The van der Waals surface area contributed by atoms with E-state index < -0.39 is 11.6 Å². The minimum atomic E-state index is -0.611. The SMILES string of the molecule is N[C@H]1CCCCN(C2=NN(c3ccc(F)cc3F)Cc3ccccc32)C1. The second-order valence-electron chi connectivity index (χ2n) is 6.94. The highest BCUT2D eigenvalue weighted by Gasteiger charge is 2.27. The molecular formula is C20H22F2N4. The third-order valence-electron chi connectivity index (χ3n) is 4.99. The van der Waals surface area contributed by atoms with Crippen LogP contribution in [0.4, 0.5) is 14.5 Å². The highest BCUT2D eigenvalue weighted by atomic mass is 19.1. The molecule has 1 saturated heterocycles. The molecule has 0 amide bonds. The average molecular weight is 356 g/mol. The number of halogens is 2. The van der Waals surface area contributed by atoms with E-state index >= 15 is 0 Å². The van der Waals surface area contributed by atoms with Gasteiger partial charge in [0.15, 0.2) is 11.7 Å². The summed E-state index contributed by atoms with van der Waals surface area (Å²) in [6.45, 7) is 2.05. The van der Waals surface area contributed by atoms with Gasteiger partial charge in [0, 0.05) is 30.8 Å². The van der Waals surface area contributed by atoms with Crippen LogP contribution < -0.4 is 10.7 Å². The Morgan fingerprint density at radius 1 is 1.08 bits per heavy atom. The molecule has 0 saturated carbocycles. The van der Waals surface area contributed by atoms with Crippen LogP contribution >= 0.6 is 0 Å². The maximum atomic E-state index is 14.3. The molecule has 0 bridgehead atoms. The first-order valence-electron chi connectivity index (χ1n) is 9.02. The number of benzene rings is 2. The number of hydrazone groups is 1. The second kappa shape index (κ2) is 7.03. The van der Waals surface area contributed by atoms with Crippen LogP contribution in [0.1, 0.15) is 30.4 Å². The van der Waals surface area contributed by atoms with Gasteiger partial charge in [-0.05, 0) is 30.5 Å². The van der Waals surface area contributed by atoms with Crippen molar-refractivity contribution in [1.29, 1.82) is 0 Å². The van der Waals surface area contributed by atoms with E-state index in [2.05, 4.69) is 4.90 Å². The Hall–Kier alpha value is -2.47. The van der Waals surface area contributed by atoms with Crippen molar-refractivity contribution in [1.82, 2.24) is 4.90 Å². The van der Waals surface area contributed by atoms with Crippen molar-refractivity contribution in [3.05, 3.63) is 65.2 Å². The number of hydrogen-bond donors (Lipinski definition) is 1. The van der Waals surface area contributed by atoms with E-state index in [9.17, 15) is 8.78 Å². The first kappa shape index (κ1) is 17.0. The third kappa shape index (κ3) is 3.29. The van der Waals surface area contributed by atoms with Crippen LogP contribution in [0.5, 0.6) is 0 Å². The standard InChI is InChI=1S/C20H22F2N4/c21-15-8-9-19(18(22)11-15)26-12-14-5-1-2-7-17(14)20(24-26)25-10-4-3-6-16(23)13-25/h1-2,5,7-9,11,16H,3-4,6,10,12-13,23H2/t16-/m0/s1. The van der Waals surface area contributed by atoms with Crippen molar-refractivity contribution < 1.29 is 8.78 Å². The topological polar surface area (TPSA) is 44.9 Å². The zero-order valence-electron chi connectivity index (χ0n) is 14.5. The molecular weight excluding hydrogens is 334 g/mol. The van der Waals surface area contributed by atoms with Gasteiger partial charge in [0.1, 0.15) is 5.82 Å². The summed E-state index contributed by atoms with van der Waals surface area (Å²) in [6.07, 6.45) is 3.16. The van der Waals surface area contributed by atoms with Gasteiger partial charge in [-0.2, -0.15) is 5.10 Å². The number of nitrogens with two attached hydrogens (primary N) is 1. The predicted octanol–water partition coefficient (Wildman–Crippen LogP) is 3.46. The number of rotatable bonds is 1. The van der Waals surface area contributed by atoms with Crippen molar-refractivity contribution in [3.8, 4) is 0 Å². The monoisotopic (exact) mass is 356 g/mol. The molecule has 136 valence electrons. The Kier molecular flexibility index (Phi) is 4.59. The van der Waals surface area contributed by atoms with Gasteiger partial charge in [-0.3, -0.25) is 5.01 Å². The maximum Gasteiger partial charge on any atom is 0.156 e. The van der Waals surface area contributed by atoms with Crippen LogP contribution in [-0.4, -0.2) is 29.9 Å².